The van der Waals surface area contributed by atoms with Crippen LogP contribution in [0.5, 0.6) is 0 Å². The van der Waals surface area contributed by atoms with Crippen molar-refractivity contribution in [3.05, 3.63) is 30.1 Å². The van der Waals surface area contributed by atoms with Gasteiger partial charge in [-0.2, -0.15) is 0 Å². The zero-order valence-electron chi connectivity index (χ0n) is 9.02. The molecule has 0 aliphatic heterocycles. The molecule has 0 spiro atoms. The van der Waals surface area contributed by atoms with Gasteiger partial charge in [-0.05, 0) is 24.6 Å². The summed E-state index contributed by atoms with van der Waals surface area (Å²) >= 11 is 4.89. The van der Waals surface area contributed by atoms with Crippen LogP contribution in [0.1, 0.15) is 12.5 Å². The smallest absolute Gasteiger partial charge is 0.0870 e. The van der Waals surface area contributed by atoms with Crippen molar-refractivity contribution >= 4 is 17.2 Å². The molecule has 0 amide bonds. The zero-order chi connectivity index (χ0) is 11.1. The van der Waals surface area contributed by atoms with Crippen LogP contribution in [0.4, 0.5) is 0 Å². The van der Waals surface area contributed by atoms with Crippen molar-refractivity contribution in [3.63, 3.8) is 0 Å². The summed E-state index contributed by atoms with van der Waals surface area (Å²) in [7, 11) is 0. The molecule has 1 aromatic heterocycles. The Bertz CT molecular complexity index is 300. The highest BCUT2D eigenvalue weighted by atomic mass is 32.1. The lowest BCUT2D eigenvalue weighted by Gasteiger charge is -2.19. The maximum atomic E-state index is 5.52. The highest BCUT2D eigenvalue weighted by molar-refractivity contribution is 7.80. The average Bonchev–Trinajstić information content (AvgIpc) is 2.25. The van der Waals surface area contributed by atoms with Gasteiger partial charge in [0.05, 0.1) is 4.99 Å². The van der Waals surface area contributed by atoms with Gasteiger partial charge >= 0.3 is 0 Å². The van der Waals surface area contributed by atoms with E-state index in [4.69, 9.17) is 18.0 Å². The molecule has 0 saturated carbocycles. The van der Waals surface area contributed by atoms with E-state index in [1.807, 2.05) is 12.3 Å². The average molecular weight is 223 g/mol. The van der Waals surface area contributed by atoms with Gasteiger partial charge in [0.1, 0.15) is 0 Å². The van der Waals surface area contributed by atoms with E-state index in [0.717, 1.165) is 19.5 Å². The minimum absolute atomic E-state index is 0.558. The number of hydrogen-bond donors (Lipinski definition) is 1. The number of thiocarbonyl (C=S) groups is 1. The summed E-state index contributed by atoms with van der Waals surface area (Å²) in [6.07, 6.45) is 4.68. The first-order valence-electron chi connectivity index (χ1n) is 5.12. The van der Waals surface area contributed by atoms with Crippen LogP contribution in [-0.4, -0.2) is 34.5 Å². The van der Waals surface area contributed by atoms with Crippen molar-refractivity contribution in [2.45, 2.75) is 13.3 Å². The third kappa shape index (κ3) is 4.85. The van der Waals surface area contributed by atoms with Crippen molar-refractivity contribution < 1.29 is 0 Å². The SMILES string of the molecule is CCN(CCc1cccnc1)CC(N)=S. The molecule has 15 heavy (non-hydrogen) atoms. The van der Waals surface area contributed by atoms with E-state index in [2.05, 4.69) is 22.9 Å². The summed E-state index contributed by atoms with van der Waals surface area (Å²) < 4.78 is 0. The van der Waals surface area contributed by atoms with Gasteiger partial charge in [-0.3, -0.25) is 9.88 Å². The largest absolute Gasteiger partial charge is 0.392 e. The second-order valence-electron chi connectivity index (χ2n) is 3.45. The lowest BCUT2D eigenvalue weighted by molar-refractivity contribution is 0.333. The first-order valence-corrected chi connectivity index (χ1v) is 5.52. The Kier molecular flexibility index (Phi) is 5.21. The Morgan fingerprint density at radius 1 is 1.60 bits per heavy atom. The Labute approximate surface area is 96.3 Å². The molecule has 4 heteroatoms. The van der Waals surface area contributed by atoms with E-state index >= 15 is 0 Å². The molecule has 0 aromatic carbocycles. The number of hydrogen-bond acceptors (Lipinski definition) is 3. The first-order chi connectivity index (χ1) is 7.22. The molecule has 0 bridgehead atoms. The van der Waals surface area contributed by atoms with E-state index < -0.39 is 0 Å². The maximum absolute atomic E-state index is 5.52. The summed E-state index contributed by atoms with van der Waals surface area (Å²) in [5, 5.41) is 0. The van der Waals surface area contributed by atoms with Crippen molar-refractivity contribution in [2.75, 3.05) is 19.6 Å². The van der Waals surface area contributed by atoms with Gasteiger partial charge in [0.25, 0.3) is 0 Å². The van der Waals surface area contributed by atoms with Crippen LogP contribution in [-0.2, 0) is 6.42 Å². The van der Waals surface area contributed by atoms with E-state index in [9.17, 15) is 0 Å². The van der Waals surface area contributed by atoms with Crippen LogP contribution in [0.15, 0.2) is 24.5 Å². The fraction of sp³-hybridized carbons (Fsp3) is 0.455. The molecule has 0 radical (unpaired) electrons. The molecule has 0 aliphatic rings. The number of rotatable bonds is 6. The molecule has 0 unspecified atom stereocenters. The molecule has 3 nitrogen and oxygen atoms in total. The molecular formula is C11H17N3S. The quantitative estimate of drug-likeness (QED) is 0.737. The third-order valence-corrected chi connectivity index (χ3v) is 2.40. The second kappa shape index (κ2) is 6.48. The lowest BCUT2D eigenvalue weighted by atomic mass is 10.2. The van der Waals surface area contributed by atoms with Crippen LogP contribution in [0.25, 0.3) is 0 Å². The van der Waals surface area contributed by atoms with Crippen molar-refractivity contribution in [1.82, 2.24) is 9.88 Å². The molecule has 1 rings (SSSR count). The number of aromatic nitrogens is 1. The van der Waals surface area contributed by atoms with Crippen molar-refractivity contribution in [3.8, 4) is 0 Å². The number of pyridine rings is 1. The Hall–Kier alpha value is -1.00. The highest BCUT2D eigenvalue weighted by Crippen LogP contribution is 1.99. The molecular weight excluding hydrogens is 206 g/mol. The highest BCUT2D eigenvalue weighted by Gasteiger charge is 2.03. The monoisotopic (exact) mass is 223 g/mol. The van der Waals surface area contributed by atoms with Crippen LogP contribution in [0.3, 0.4) is 0 Å². The van der Waals surface area contributed by atoms with Gasteiger partial charge in [0.2, 0.25) is 0 Å². The molecule has 1 aromatic rings. The van der Waals surface area contributed by atoms with Gasteiger partial charge in [0, 0.05) is 25.5 Å². The Morgan fingerprint density at radius 3 is 2.93 bits per heavy atom. The van der Waals surface area contributed by atoms with Crippen molar-refractivity contribution in [1.29, 1.82) is 0 Å². The molecule has 0 atom stereocenters. The summed E-state index contributed by atoms with van der Waals surface area (Å²) in [6.45, 7) is 4.75. The Morgan fingerprint density at radius 2 is 2.40 bits per heavy atom. The lowest BCUT2D eigenvalue weighted by Crippen LogP contribution is -2.34. The maximum Gasteiger partial charge on any atom is 0.0870 e. The second-order valence-corrected chi connectivity index (χ2v) is 3.97. The number of likely N-dealkylation sites (N-methyl/N-ethyl adjacent to an activating group) is 1. The normalized spacial score (nSPS) is 10.5. The molecule has 82 valence electrons. The predicted octanol–water partition coefficient (Wildman–Crippen LogP) is 1.23. The van der Waals surface area contributed by atoms with Gasteiger partial charge in [0.15, 0.2) is 0 Å². The molecule has 0 aliphatic carbocycles. The van der Waals surface area contributed by atoms with Crippen LogP contribution >= 0.6 is 12.2 Å². The molecule has 2 N–H and O–H groups in total. The first kappa shape index (κ1) is 12.1. The number of nitrogens with zero attached hydrogens (tertiary/aromatic N) is 2. The fourth-order valence-electron chi connectivity index (χ4n) is 1.40. The van der Waals surface area contributed by atoms with E-state index in [-0.39, 0.29) is 0 Å². The fourth-order valence-corrected chi connectivity index (χ4v) is 1.59. The molecule has 1 heterocycles. The van der Waals surface area contributed by atoms with Crippen LogP contribution in [0, 0.1) is 0 Å². The van der Waals surface area contributed by atoms with Crippen LogP contribution in [0.2, 0.25) is 0 Å². The summed E-state index contributed by atoms with van der Waals surface area (Å²) in [6, 6.07) is 4.04. The summed E-state index contributed by atoms with van der Waals surface area (Å²) in [5.41, 5.74) is 6.76. The van der Waals surface area contributed by atoms with E-state index in [0.29, 0.717) is 11.5 Å². The molecule has 0 saturated heterocycles. The topological polar surface area (TPSA) is 42.2 Å². The minimum Gasteiger partial charge on any atom is -0.392 e. The predicted molar refractivity (Wildman–Crippen MR) is 66.8 cm³/mol. The van der Waals surface area contributed by atoms with Crippen molar-refractivity contribution in [2.24, 2.45) is 5.73 Å². The number of nitrogens with two attached hydrogens (primary N) is 1. The van der Waals surface area contributed by atoms with E-state index in [1.54, 1.807) is 6.20 Å². The molecule has 0 fully saturated rings. The van der Waals surface area contributed by atoms with Gasteiger partial charge in [-0.15, -0.1) is 0 Å². The van der Waals surface area contributed by atoms with Gasteiger partial charge in [-0.25, -0.2) is 0 Å². The Balaban J connectivity index is 2.37. The minimum atomic E-state index is 0.558. The zero-order valence-corrected chi connectivity index (χ0v) is 9.83. The van der Waals surface area contributed by atoms with Crippen LogP contribution < -0.4 is 5.73 Å². The van der Waals surface area contributed by atoms with Gasteiger partial charge in [-0.1, -0.05) is 25.2 Å². The van der Waals surface area contributed by atoms with E-state index in [1.165, 1.54) is 5.56 Å². The summed E-state index contributed by atoms with van der Waals surface area (Å²) in [4.78, 5) is 6.87. The standard InChI is InChI=1S/C11H17N3S/c1-2-14(9-11(12)15)7-5-10-4-3-6-13-8-10/h3-4,6,8H,2,5,7,9H2,1H3,(H2,12,15). The third-order valence-electron chi connectivity index (χ3n) is 2.27. The summed E-state index contributed by atoms with van der Waals surface area (Å²) in [5.74, 6) is 0. The van der Waals surface area contributed by atoms with Gasteiger partial charge < -0.3 is 5.73 Å².